The van der Waals surface area contributed by atoms with Crippen molar-refractivity contribution in [3.05, 3.63) is 25.3 Å². The van der Waals surface area contributed by atoms with Gasteiger partial charge < -0.3 is 33.2 Å². The third-order valence-corrected chi connectivity index (χ3v) is 3.05. The van der Waals surface area contributed by atoms with Crippen molar-refractivity contribution in [1.82, 2.24) is 0 Å². The van der Waals surface area contributed by atoms with Crippen LogP contribution in [0.4, 0.5) is 0 Å². The van der Waals surface area contributed by atoms with Crippen molar-refractivity contribution < 1.29 is 33.2 Å². The monoisotopic (exact) mass is 362 g/mol. The maximum absolute atomic E-state index is 5.83. The molecule has 0 radical (unpaired) electrons. The molecule has 0 aliphatic rings. The number of ether oxygens (including phenoxy) is 7. The molecule has 0 rings (SSSR count). The van der Waals surface area contributed by atoms with Crippen molar-refractivity contribution in [2.24, 2.45) is 0 Å². The van der Waals surface area contributed by atoms with Crippen molar-refractivity contribution in [1.29, 1.82) is 0 Å². The summed E-state index contributed by atoms with van der Waals surface area (Å²) >= 11 is 0. The molecule has 7 nitrogen and oxygen atoms in total. The van der Waals surface area contributed by atoms with E-state index in [-0.39, 0.29) is 12.2 Å². The molecule has 0 aliphatic heterocycles. The fraction of sp³-hybridized carbons (Fsp3) is 0.778. The van der Waals surface area contributed by atoms with Gasteiger partial charge in [-0.25, -0.2) is 0 Å². The molecule has 0 saturated heterocycles. The van der Waals surface area contributed by atoms with Gasteiger partial charge in [-0.05, 0) is 0 Å². The summed E-state index contributed by atoms with van der Waals surface area (Å²) < 4.78 is 37.3. The van der Waals surface area contributed by atoms with E-state index < -0.39 is 0 Å². The average Bonchev–Trinajstić information content (AvgIpc) is 2.64. The Bertz CT molecular complexity index is 271. The Morgan fingerprint density at radius 3 is 1.32 bits per heavy atom. The quantitative estimate of drug-likeness (QED) is 0.240. The zero-order valence-electron chi connectivity index (χ0n) is 15.7. The Morgan fingerprint density at radius 1 is 0.600 bits per heavy atom. The molecule has 2 atom stereocenters. The Kier molecular flexibility index (Phi) is 18.9. The minimum Gasteiger partial charge on any atom is -0.382 e. The standard InChI is InChI=1S/C18H34O7/c1-5-17(15-23-13-11-21-9-7-19-3)25-18(6-2)16-24-14-12-22-10-8-20-4/h5-6,17-18H,1-2,7-16H2,3-4H3. The summed E-state index contributed by atoms with van der Waals surface area (Å²) in [5.41, 5.74) is 0. The second-order valence-corrected chi connectivity index (χ2v) is 5.04. The normalized spacial score (nSPS) is 13.5. The van der Waals surface area contributed by atoms with Gasteiger partial charge in [0.25, 0.3) is 0 Å². The highest BCUT2D eigenvalue weighted by Crippen LogP contribution is 2.03. The van der Waals surface area contributed by atoms with E-state index in [0.717, 1.165) is 0 Å². The summed E-state index contributed by atoms with van der Waals surface area (Å²) in [5, 5.41) is 0. The maximum atomic E-state index is 5.83. The van der Waals surface area contributed by atoms with Gasteiger partial charge in [-0.1, -0.05) is 12.2 Å². The molecule has 0 aromatic carbocycles. The van der Waals surface area contributed by atoms with E-state index in [1.807, 2.05) is 0 Å². The largest absolute Gasteiger partial charge is 0.382 e. The molecule has 25 heavy (non-hydrogen) atoms. The molecule has 0 saturated carbocycles. The summed E-state index contributed by atoms with van der Waals surface area (Å²) in [4.78, 5) is 0. The first-order valence-electron chi connectivity index (χ1n) is 8.47. The lowest BCUT2D eigenvalue weighted by Gasteiger charge is -2.20. The molecule has 0 bridgehead atoms. The fourth-order valence-corrected chi connectivity index (χ4v) is 1.67. The topological polar surface area (TPSA) is 64.6 Å². The molecule has 148 valence electrons. The molecule has 0 amide bonds. The second kappa shape index (κ2) is 19.5. The predicted octanol–water partition coefficient (Wildman–Crippen LogP) is 1.47. The van der Waals surface area contributed by atoms with Crippen LogP contribution in [0.1, 0.15) is 0 Å². The SMILES string of the molecule is C=CC(COCCOCCOC)OC(C=C)COCCOCCOC. The summed E-state index contributed by atoms with van der Waals surface area (Å²) in [6.45, 7) is 12.6. The molecular formula is C18H34O7. The van der Waals surface area contributed by atoms with E-state index in [0.29, 0.717) is 66.1 Å². The lowest BCUT2D eigenvalue weighted by molar-refractivity contribution is -0.0617. The molecule has 0 fully saturated rings. The van der Waals surface area contributed by atoms with Crippen molar-refractivity contribution in [3.63, 3.8) is 0 Å². The van der Waals surface area contributed by atoms with E-state index >= 15 is 0 Å². The van der Waals surface area contributed by atoms with Crippen molar-refractivity contribution in [2.75, 3.05) is 80.3 Å². The number of methoxy groups -OCH3 is 2. The third kappa shape index (κ3) is 16.4. The fourth-order valence-electron chi connectivity index (χ4n) is 1.67. The van der Waals surface area contributed by atoms with Crippen LogP contribution in [0.3, 0.4) is 0 Å². The highest BCUT2D eigenvalue weighted by molar-refractivity contribution is 4.86. The molecule has 2 unspecified atom stereocenters. The summed E-state index contributed by atoms with van der Waals surface area (Å²) in [6.07, 6.45) is 2.94. The van der Waals surface area contributed by atoms with Gasteiger partial charge in [0.2, 0.25) is 0 Å². The highest BCUT2D eigenvalue weighted by Gasteiger charge is 2.12. The number of hydrogen-bond donors (Lipinski definition) is 0. The van der Waals surface area contributed by atoms with Crippen LogP contribution in [0.5, 0.6) is 0 Å². The van der Waals surface area contributed by atoms with Crippen LogP contribution in [0.15, 0.2) is 25.3 Å². The molecule has 0 aromatic heterocycles. The van der Waals surface area contributed by atoms with Gasteiger partial charge in [0, 0.05) is 14.2 Å². The van der Waals surface area contributed by atoms with Gasteiger partial charge in [-0.3, -0.25) is 0 Å². The third-order valence-electron chi connectivity index (χ3n) is 3.05. The van der Waals surface area contributed by atoms with Crippen LogP contribution < -0.4 is 0 Å². The van der Waals surface area contributed by atoms with E-state index in [1.54, 1.807) is 26.4 Å². The predicted molar refractivity (Wildman–Crippen MR) is 96.1 cm³/mol. The van der Waals surface area contributed by atoms with Crippen LogP contribution in [0.25, 0.3) is 0 Å². The Morgan fingerprint density at radius 2 is 0.960 bits per heavy atom. The lowest BCUT2D eigenvalue weighted by Crippen LogP contribution is -2.28. The summed E-state index contributed by atoms with van der Waals surface area (Å²) in [7, 11) is 3.28. The Balaban J connectivity index is 3.71. The summed E-state index contributed by atoms with van der Waals surface area (Å²) in [5.74, 6) is 0. The first kappa shape index (κ1) is 24.2. The minimum absolute atomic E-state index is 0.233. The van der Waals surface area contributed by atoms with Crippen molar-refractivity contribution >= 4 is 0 Å². The molecule has 0 aliphatic carbocycles. The second-order valence-electron chi connectivity index (χ2n) is 5.04. The zero-order valence-corrected chi connectivity index (χ0v) is 15.7. The van der Waals surface area contributed by atoms with Crippen LogP contribution in [-0.2, 0) is 33.2 Å². The Labute approximate surface area is 151 Å². The minimum atomic E-state index is -0.233. The lowest BCUT2D eigenvalue weighted by atomic mass is 10.3. The number of hydrogen-bond acceptors (Lipinski definition) is 7. The van der Waals surface area contributed by atoms with Crippen molar-refractivity contribution in [3.8, 4) is 0 Å². The van der Waals surface area contributed by atoms with Crippen molar-refractivity contribution in [2.45, 2.75) is 12.2 Å². The van der Waals surface area contributed by atoms with E-state index in [2.05, 4.69) is 13.2 Å². The first-order chi connectivity index (χ1) is 12.3. The summed E-state index contributed by atoms with van der Waals surface area (Å²) in [6, 6.07) is 0. The zero-order chi connectivity index (χ0) is 18.6. The molecule has 0 spiro atoms. The van der Waals surface area contributed by atoms with E-state index in [1.165, 1.54) is 0 Å². The first-order valence-corrected chi connectivity index (χ1v) is 8.47. The molecule has 0 heterocycles. The molecular weight excluding hydrogens is 328 g/mol. The van der Waals surface area contributed by atoms with Gasteiger partial charge in [0.1, 0.15) is 0 Å². The van der Waals surface area contributed by atoms with Gasteiger partial charge in [-0.2, -0.15) is 0 Å². The highest BCUT2D eigenvalue weighted by atomic mass is 16.6. The van der Waals surface area contributed by atoms with Crippen LogP contribution in [0, 0.1) is 0 Å². The van der Waals surface area contributed by atoms with Gasteiger partial charge in [0.15, 0.2) is 0 Å². The van der Waals surface area contributed by atoms with E-state index in [4.69, 9.17) is 33.2 Å². The maximum Gasteiger partial charge on any atom is 0.0995 e. The van der Waals surface area contributed by atoms with E-state index in [9.17, 15) is 0 Å². The van der Waals surface area contributed by atoms with Crippen LogP contribution >= 0.6 is 0 Å². The van der Waals surface area contributed by atoms with Gasteiger partial charge in [0.05, 0.1) is 78.3 Å². The van der Waals surface area contributed by atoms with Crippen LogP contribution in [-0.4, -0.2) is 92.5 Å². The number of rotatable bonds is 20. The van der Waals surface area contributed by atoms with Gasteiger partial charge >= 0.3 is 0 Å². The smallest absolute Gasteiger partial charge is 0.0995 e. The molecule has 0 N–H and O–H groups in total. The van der Waals surface area contributed by atoms with Crippen LogP contribution in [0.2, 0.25) is 0 Å². The Hall–Kier alpha value is -0.800. The van der Waals surface area contributed by atoms with Gasteiger partial charge in [-0.15, -0.1) is 13.2 Å². The average molecular weight is 362 g/mol. The molecule has 7 heteroatoms. The molecule has 0 aromatic rings.